The zero-order valence-corrected chi connectivity index (χ0v) is 11.6. The van der Waals surface area contributed by atoms with E-state index in [1.54, 1.807) is 14.0 Å². The molecule has 0 heterocycles. The average molecular weight is 286 g/mol. The van der Waals surface area contributed by atoms with Crippen LogP contribution in [0.4, 0.5) is 10.1 Å². The maximum Gasteiger partial charge on any atom is 0.304 e. The van der Waals surface area contributed by atoms with E-state index in [0.29, 0.717) is 31.7 Å². The first kappa shape index (κ1) is 16.5. The summed E-state index contributed by atoms with van der Waals surface area (Å²) in [4.78, 5) is 9.72. The second-order valence-electron chi connectivity index (χ2n) is 4.89. The highest BCUT2D eigenvalue weighted by molar-refractivity contribution is 5.34. The van der Waals surface area contributed by atoms with Crippen molar-refractivity contribution in [3.8, 4) is 0 Å². The Morgan fingerprint density at radius 3 is 2.80 bits per heavy atom. The lowest BCUT2D eigenvalue weighted by Gasteiger charge is -2.23. The fourth-order valence-electron chi connectivity index (χ4n) is 1.69. The van der Waals surface area contributed by atoms with Gasteiger partial charge in [0.1, 0.15) is 0 Å². The van der Waals surface area contributed by atoms with E-state index in [-0.39, 0.29) is 0 Å². The summed E-state index contributed by atoms with van der Waals surface area (Å²) in [6.07, 6.45) is 0.477. The van der Waals surface area contributed by atoms with Crippen LogP contribution in [0.1, 0.15) is 18.9 Å². The van der Waals surface area contributed by atoms with Crippen LogP contribution in [-0.4, -0.2) is 35.9 Å². The van der Waals surface area contributed by atoms with Gasteiger partial charge in [0.2, 0.25) is 5.82 Å². The predicted octanol–water partition coefficient (Wildman–Crippen LogP) is 1.61. The minimum atomic E-state index is -0.921. The highest BCUT2D eigenvalue weighted by Crippen LogP contribution is 2.18. The van der Waals surface area contributed by atoms with Crippen molar-refractivity contribution < 1.29 is 19.2 Å². The summed E-state index contributed by atoms with van der Waals surface area (Å²) in [6.45, 7) is 2.75. The van der Waals surface area contributed by atoms with Gasteiger partial charge in [-0.1, -0.05) is 6.07 Å². The Balaban J connectivity index is 2.50. The van der Waals surface area contributed by atoms with Crippen molar-refractivity contribution in [2.45, 2.75) is 25.5 Å². The number of methoxy groups -OCH3 is 1. The molecule has 2 N–H and O–H groups in total. The van der Waals surface area contributed by atoms with E-state index in [0.717, 1.165) is 12.1 Å². The lowest BCUT2D eigenvalue weighted by Crippen LogP contribution is -2.38. The molecule has 7 heteroatoms. The van der Waals surface area contributed by atoms with Crippen LogP contribution in [0.15, 0.2) is 18.2 Å². The molecule has 0 spiro atoms. The topological polar surface area (TPSA) is 84.6 Å². The van der Waals surface area contributed by atoms with Crippen LogP contribution in [0.5, 0.6) is 0 Å². The van der Waals surface area contributed by atoms with Crippen LogP contribution in [0.3, 0.4) is 0 Å². The molecule has 6 nitrogen and oxygen atoms in total. The van der Waals surface area contributed by atoms with Crippen LogP contribution in [0, 0.1) is 15.9 Å². The number of hydrogen-bond donors (Lipinski definition) is 2. The van der Waals surface area contributed by atoms with Gasteiger partial charge in [-0.15, -0.1) is 0 Å². The number of aliphatic hydroxyl groups is 1. The van der Waals surface area contributed by atoms with E-state index in [2.05, 4.69) is 5.32 Å². The predicted molar refractivity (Wildman–Crippen MR) is 71.9 cm³/mol. The number of nitro benzene ring substituents is 1. The Morgan fingerprint density at radius 2 is 2.25 bits per heavy atom. The standard InChI is InChI=1S/C13H19FN2O4/c1-13(17,5-6-20-2)9-15-8-10-3-4-12(16(18)19)11(14)7-10/h3-4,7,15,17H,5-6,8-9H2,1-2H3. The van der Waals surface area contributed by atoms with Gasteiger partial charge in [-0.05, 0) is 18.6 Å². The normalized spacial score (nSPS) is 14.0. The minimum absolute atomic E-state index is 0.314. The maximum absolute atomic E-state index is 13.4. The lowest BCUT2D eigenvalue weighted by molar-refractivity contribution is -0.387. The van der Waals surface area contributed by atoms with Gasteiger partial charge in [-0.25, -0.2) is 0 Å². The molecule has 1 unspecified atom stereocenters. The van der Waals surface area contributed by atoms with E-state index in [1.807, 2.05) is 0 Å². The van der Waals surface area contributed by atoms with E-state index >= 15 is 0 Å². The first-order valence-electron chi connectivity index (χ1n) is 6.20. The summed E-state index contributed by atoms with van der Waals surface area (Å²) in [6, 6.07) is 3.74. The molecule has 0 amide bonds. The molecule has 112 valence electrons. The first-order chi connectivity index (χ1) is 9.35. The first-order valence-corrected chi connectivity index (χ1v) is 6.20. The maximum atomic E-state index is 13.4. The molecular weight excluding hydrogens is 267 g/mol. The largest absolute Gasteiger partial charge is 0.389 e. The third-order valence-electron chi connectivity index (χ3n) is 2.89. The number of nitro groups is 1. The van der Waals surface area contributed by atoms with Crippen LogP contribution in [0.25, 0.3) is 0 Å². The Labute approximate surface area is 116 Å². The quantitative estimate of drug-likeness (QED) is 0.560. The second-order valence-corrected chi connectivity index (χ2v) is 4.89. The fourth-order valence-corrected chi connectivity index (χ4v) is 1.69. The van der Waals surface area contributed by atoms with E-state index in [4.69, 9.17) is 4.74 Å². The number of nitrogens with zero attached hydrogens (tertiary/aromatic N) is 1. The summed E-state index contributed by atoms with van der Waals surface area (Å²) in [5.74, 6) is -0.861. The van der Waals surface area contributed by atoms with Gasteiger partial charge in [0, 0.05) is 39.3 Å². The Hall–Kier alpha value is -1.57. The van der Waals surface area contributed by atoms with Crippen molar-refractivity contribution in [2.75, 3.05) is 20.3 Å². The summed E-state index contributed by atoms with van der Waals surface area (Å²) >= 11 is 0. The zero-order valence-electron chi connectivity index (χ0n) is 11.6. The highest BCUT2D eigenvalue weighted by atomic mass is 19.1. The van der Waals surface area contributed by atoms with Crippen LogP contribution < -0.4 is 5.32 Å². The fraction of sp³-hybridized carbons (Fsp3) is 0.538. The smallest absolute Gasteiger partial charge is 0.304 e. The van der Waals surface area contributed by atoms with Crippen molar-refractivity contribution in [1.82, 2.24) is 5.32 Å². The van der Waals surface area contributed by atoms with Crippen molar-refractivity contribution in [2.24, 2.45) is 0 Å². The van der Waals surface area contributed by atoms with Gasteiger partial charge < -0.3 is 15.2 Å². The summed E-state index contributed by atoms with van der Waals surface area (Å²) in [7, 11) is 1.56. The molecule has 0 radical (unpaired) electrons. The molecule has 0 bridgehead atoms. The molecule has 0 aliphatic carbocycles. The number of hydrogen-bond acceptors (Lipinski definition) is 5. The van der Waals surface area contributed by atoms with Gasteiger partial charge >= 0.3 is 5.69 Å². The minimum Gasteiger partial charge on any atom is -0.389 e. The van der Waals surface area contributed by atoms with E-state index in [9.17, 15) is 19.6 Å². The van der Waals surface area contributed by atoms with Crippen molar-refractivity contribution in [3.63, 3.8) is 0 Å². The Kier molecular flexibility index (Phi) is 6.00. The molecule has 0 saturated carbocycles. The molecule has 20 heavy (non-hydrogen) atoms. The van der Waals surface area contributed by atoms with Gasteiger partial charge in [-0.3, -0.25) is 10.1 Å². The SMILES string of the molecule is COCCC(C)(O)CNCc1ccc([N+](=O)[O-])c(F)c1. The molecule has 1 rings (SSSR count). The van der Waals surface area contributed by atoms with E-state index < -0.39 is 22.0 Å². The van der Waals surface area contributed by atoms with Crippen LogP contribution in [0.2, 0.25) is 0 Å². The summed E-state index contributed by atoms with van der Waals surface area (Å²) < 4.78 is 18.3. The van der Waals surface area contributed by atoms with Crippen LogP contribution in [-0.2, 0) is 11.3 Å². The van der Waals surface area contributed by atoms with Gasteiger partial charge in [0.05, 0.1) is 10.5 Å². The molecule has 0 aliphatic heterocycles. The molecule has 1 atom stereocenters. The number of benzene rings is 1. The zero-order chi connectivity index (χ0) is 15.2. The number of rotatable bonds is 8. The highest BCUT2D eigenvalue weighted by Gasteiger charge is 2.19. The average Bonchev–Trinajstić information content (AvgIpc) is 2.36. The summed E-state index contributed by atoms with van der Waals surface area (Å²) in [5.41, 5.74) is -0.883. The van der Waals surface area contributed by atoms with Gasteiger partial charge in [0.15, 0.2) is 0 Å². The molecule has 1 aromatic carbocycles. The van der Waals surface area contributed by atoms with Gasteiger partial charge in [0.25, 0.3) is 0 Å². The third-order valence-corrected chi connectivity index (χ3v) is 2.89. The van der Waals surface area contributed by atoms with Crippen molar-refractivity contribution in [3.05, 3.63) is 39.7 Å². The van der Waals surface area contributed by atoms with Crippen molar-refractivity contribution >= 4 is 5.69 Å². The Morgan fingerprint density at radius 1 is 1.55 bits per heavy atom. The molecule has 0 aliphatic rings. The Bertz CT molecular complexity index is 466. The molecule has 1 aromatic rings. The van der Waals surface area contributed by atoms with E-state index in [1.165, 1.54) is 6.07 Å². The monoisotopic (exact) mass is 286 g/mol. The number of halogens is 1. The van der Waals surface area contributed by atoms with Gasteiger partial charge in [-0.2, -0.15) is 4.39 Å². The number of ether oxygens (including phenoxy) is 1. The van der Waals surface area contributed by atoms with Crippen molar-refractivity contribution in [1.29, 1.82) is 0 Å². The van der Waals surface area contributed by atoms with Crippen LogP contribution >= 0.6 is 0 Å². The molecule has 0 saturated heterocycles. The molecular formula is C13H19FN2O4. The second kappa shape index (κ2) is 7.28. The third kappa shape index (κ3) is 5.20. The molecule has 0 fully saturated rings. The summed E-state index contributed by atoms with van der Waals surface area (Å²) in [5, 5.41) is 23.5. The lowest BCUT2D eigenvalue weighted by atomic mass is 10.0. The number of nitrogens with one attached hydrogen (secondary N) is 1. The molecule has 0 aromatic heterocycles.